The Morgan fingerprint density at radius 2 is 1.78 bits per heavy atom. The molecule has 4 fully saturated rings. The minimum Gasteiger partial charge on any atom is -0.490 e. The van der Waals surface area contributed by atoms with Gasteiger partial charge in [0.05, 0.1) is 22.7 Å². The first-order chi connectivity index (χ1) is 15.5. The molecule has 2 aromatic rings. The van der Waals surface area contributed by atoms with Gasteiger partial charge in [0.15, 0.2) is 0 Å². The molecule has 172 valence electrons. The summed E-state index contributed by atoms with van der Waals surface area (Å²) in [6, 6.07) is 10.5. The van der Waals surface area contributed by atoms with Crippen molar-refractivity contribution in [3.05, 3.63) is 36.0 Å². The molecule has 0 spiro atoms. The first-order valence-corrected chi connectivity index (χ1v) is 12.5. The molecule has 0 radical (unpaired) electrons. The number of fused-ring (bicyclic) bond motifs is 4. The largest absolute Gasteiger partial charge is 0.490 e. The average molecular weight is 437 g/mol. The smallest absolute Gasteiger partial charge is 0.309 e. The van der Waals surface area contributed by atoms with Crippen LogP contribution in [0, 0.1) is 11.3 Å². The van der Waals surface area contributed by atoms with E-state index < -0.39 is 11.4 Å². The zero-order valence-corrected chi connectivity index (χ0v) is 19.2. The van der Waals surface area contributed by atoms with Crippen LogP contribution in [0.4, 0.5) is 0 Å². The second-order valence-corrected chi connectivity index (χ2v) is 10.5. The van der Waals surface area contributed by atoms with Crippen molar-refractivity contribution in [1.29, 1.82) is 0 Å². The molecular formula is C27H36N2O3. The summed E-state index contributed by atoms with van der Waals surface area (Å²) in [7, 11) is 0. The van der Waals surface area contributed by atoms with Gasteiger partial charge in [0, 0.05) is 17.5 Å². The Hall–Kier alpha value is -2.14. The number of carboxylic acids is 1. The van der Waals surface area contributed by atoms with E-state index in [-0.39, 0.29) is 5.54 Å². The predicted octanol–water partition coefficient (Wildman–Crippen LogP) is 5.85. The van der Waals surface area contributed by atoms with Gasteiger partial charge in [-0.25, -0.2) is 0 Å². The third-order valence-electron chi connectivity index (χ3n) is 8.74. The molecule has 32 heavy (non-hydrogen) atoms. The Morgan fingerprint density at radius 1 is 1.06 bits per heavy atom. The second-order valence-electron chi connectivity index (χ2n) is 10.5. The highest BCUT2D eigenvalue weighted by Crippen LogP contribution is 2.52. The topological polar surface area (TPSA) is 71.5 Å². The number of pyridine rings is 1. The molecule has 0 saturated heterocycles. The minimum atomic E-state index is -0.598. The first kappa shape index (κ1) is 21.7. The van der Waals surface area contributed by atoms with Crippen molar-refractivity contribution >= 4 is 16.9 Å². The number of nitrogens with one attached hydrogen (secondary N) is 1. The maximum atomic E-state index is 11.7. The normalized spacial score (nSPS) is 32.2. The van der Waals surface area contributed by atoms with Crippen molar-refractivity contribution in [3.8, 4) is 5.75 Å². The lowest BCUT2D eigenvalue weighted by Crippen LogP contribution is -2.56. The molecule has 6 rings (SSSR count). The fourth-order valence-electron chi connectivity index (χ4n) is 6.22. The van der Waals surface area contributed by atoms with Crippen LogP contribution in [-0.4, -0.2) is 27.7 Å². The maximum absolute atomic E-state index is 11.7. The van der Waals surface area contributed by atoms with E-state index in [1.54, 1.807) is 0 Å². The predicted molar refractivity (Wildman–Crippen MR) is 126 cm³/mol. The molecule has 1 aromatic carbocycles. The molecule has 2 N–H and O–H groups in total. The molecular weight excluding hydrogens is 400 g/mol. The Bertz CT molecular complexity index is 955. The molecule has 5 heteroatoms. The van der Waals surface area contributed by atoms with Crippen molar-refractivity contribution in [1.82, 2.24) is 10.3 Å². The highest BCUT2D eigenvalue weighted by molar-refractivity contribution is 5.80. The minimum absolute atomic E-state index is 0.0856. The zero-order chi connectivity index (χ0) is 22.2. The number of aliphatic carboxylic acids is 1. The first-order valence-electron chi connectivity index (χ1n) is 12.5. The Kier molecular flexibility index (Phi) is 5.87. The standard InChI is InChI=1S/C27H36N2O3/c1-2-19-3-7-22(8-4-19)32-23-9-10-24-20(17-23)5-6-21(29-24)18-28-27-14-11-26(12-15-27,13-16-27)25(30)31/h5-6,9-10,17,19,22,28H,2-4,7-8,11-16,18H2,1H3,(H,30,31)/t19-,22+,26?,27?. The summed E-state index contributed by atoms with van der Waals surface area (Å²) < 4.78 is 6.29. The van der Waals surface area contributed by atoms with Crippen molar-refractivity contribution in [2.75, 3.05) is 0 Å². The molecule has 4 saturated carbocycles. The summed E-state index contributed by atoms with van der Waals surface area (Å²) >= 11 is 0. The van der Waals surface area contributed by atoms with Crippen LogP contribution in [-0.2, 0) is 11.3 Å². The SMILES string of the molecule is CC[C@H]1CC[C@@H](Oc2ccc3nc(CNC45CCC(C(=O)O)(CC4)CC5)ccc3c2)CC1. The quantitative estimate of drug-likeness (QED) is 0.570. The van der Waals surface area contributed by atoms with Crippen LogP contribution in [0.3, 0.4) is 0 Å². The van der Waals surface area contributed by atoms with Gasteiger partial charge in [0.25, 0.3) is 0 Å². The number of hydrogen-bond donors (Lipinski definition) is 2. The maximum Gasteiger partial charge on any atom is 0.309 e. The van der Waals surface area contributed by atoms with Crippen LogP contribution in [0.5, 0.6) is 5.75 Å². The summed E-state index contributed by atoms with van der Waals surface area (Å²) in [5, 5.41) is 14.5. The lowest BCUT2D eigenvalue weighted by molar-refractivity contribution is -0.156. The molecule has 4 aliphatic rings. The van der Waals surface area contributed by atoms with Crippen LogP contribution in [0.15, 0.2) is 30.3 Å². The number of nitrogens with zero attached hydrogens (tertiary/aromatic N) is 1. The fourth-order valence-corrected chi connectivity index (χ4v) is 6.22. The van der Waals surface area contributed by atoms with Crippen molar-refractivity contribution < 1.29 is 14.6 Å². The molecule has 0 unspecified atom stereocenters. The molecule has 2 bridgehead atoms. The molecule has 4 aliphatic carbocycles. The number of aromatic nitrogens is 1. The third kappa shape index (κ3) is 4.24. The van der Waals surface area contributed by atoms with E-state index in [1.807, 2.05) is 0 Å². The number of carboxylic acid groups (broad SMARTS) is 1. The van der Waals surface area contributed by atoms with Gasteiger partial charge in [-0.05, 0) is 94.4 Å². The number of benzene rings is 1. The lowest BCUT2D eigenvalue weighted by atomic mass is 9.57. The fraction of sp³-hybridized carbons (Fsp3) is 0.630. The van der Waals surface area contributed by atoms with Gasteiger partial charge in [-0.1, -0.05) is 19.4 Å². The Morgan fingerprint density at radius 3 is 2.44 bits per heavy atom. The van der Waals surface area contributed by atoms with Gasteiger partial charge in [-0.15, -0.1) is 0 Å². The molecule has 0 amide bonds. The highest BCUT2D eigenvalue weighted by Gasteiger charge is 2.52. The lowest BCUT2D eigenvalue weighted by Gasteiger charge is -2.51. The average Bonchev–Trinajstić information content (AvgIpc) is 2.84. The van der Waals surface area contributed by atoms with E-state index >= 15 is 0 Å². The van der Waals surface area contributed by atoms with E-state index in [4.69, 9.17) is 9.72 Å². The van der Waals surface area contributed by atoms with E-state index in [0.717, 1.165) is 86.2 Å². The van der Waals surface area contributed by atoms with E-state index in [2.05, 4.69) is 42.6 Å². The van der Waals surface area contributed by atoms with Gasteiger partial charge in [0.2, 0.25) is 0 Å². The summed E-state index contributed by atoms with van der Waals surface area (Å²) in [5.41, 5.74) is 1.67. The van der Waals surface area contributed by atoms with Crippen molar-refractivity contribution in [2.45, 2.75) is 95.7 Å². The Labute approximate surface area is 191 Å². The van der Waals surface area contributed by atoms with Gasteiger partial charge < -0.3 is 15.2 Å². The number of hydrogen-bond acceptors (Lipinski definition) is 4. The van der Waals surface area contributed by atoms with Gasteiger partial charge >= 0.3 is 5.97 Å². The van der Waals surface area contributed by atoms with E-state index in [9.17, 15) is 9.90 Å². The number of carbonyl (C=O) groups is 1. The van der Waals surface area contributed by atoms with Crippen LogP contribution >= 0.6 is 0 Å². The summed E-state index contributed by atoms with van der Waals surface area (Å²) in [5.74, 6) is 1.23. The van der Waals surface area contributed by atoms with Gasteiger partial charge in [-0.3, -0.25) is 9.78 Å². The van der Waals surface area contributed by atoms with Gasteiger partial charge in [-0.2, -0.15) is 0 Å². The number of rotatable bonds is 7. The Balaban J connectivity index is 1.19. The molecule has 0 aliphatic heterocycles. The van der Waals surface area contributed by atoms with E-state index in [0.29, 0.717) is 6.10 Å². The van der Waals surface area contributed by atoms with Crippen molar-refractivity contribution in [3.63, 3.8) is 0 Å². The highest BCUT2D eigenvalue weighted by atomic mass is 16.5. The van der Waals surface area contributed by atoms with Crippen LogP contribution < -0.4 is 10.1 Å². The van der Waals surface area contributed by atoms with Crippen molar-refractivity contribution in [2.24, 2.45) is 11.3 Å². The summed E-state index contributed by atoms with van der Waals surface area (Å²) in [6.07, 6.45) is 11.8. The summed E-state index contributed by atoms with van der Waals surface area (Å²) in [6.45, 7) is 3.02. The van der Waals surface area contributed by atoms with Crippen LogP contribution in [0.25, 0.3) is 10.9 Å². The second kappa shape index (κ2) is 8.66. The number of ether oxygens (including phenoxy) is 1. The monoisotopic (exact) mass is 436 g/mol. The van der Waals surface area contributed by atoms with Gasteiger partial charge in [0.1, 0.15) is 5.75 Å². The third-order valence-corrected chi connectivity index (χ3v) is 8.74. The molecule has 0 atom stereocenters. The zero-order valence-electron chi connectivity index (χ0n) is 19.2. The molecule has 5 nitrogen and oxygen atoms in total. The van der Waals surface area contributed by atoms with Crippen LogP contribution in [0.1, 0.15) is 83.2 Å². The molecule has 1 heterocycles. The van der Waals surface area contributed by atoms with Crippen LogP contribution in [0.2, 0.25) is 0 Å². The van der Waals surface area contributed by atoms with E-state index in [1.165, 1.54) is 19.3 Å². The molecule has 1 aromatic heterocycles. The summed E-state index contributed by atoms with van der Waals surface area (Å²) in [4.78, 5) is 16.5.